The van der Waals surface area contributed by atoms with Crippen LogP contribution in [0.2, 0.25) is 5.02 Å². The zero-order chi connectivity index (χ0) is 15.2. The number of benzene rings is 1. The van der Waals surface area contributed by atoms with E-state index >= 15 is 0 Å². The quantitative estimate of drug-likeness (QED) is 0.868. The van der Waals surface area contributed by atoms with Gasteiger partial charge in [0.1, 0.15) is 11.5 Å². The number of hydrogen-bond acceptors (Lipinski definition) is 5. The zero-order valence-electron chi connectivity index (χ0n) is 12.1. The van der Waals surface area contributed by atoms with E-state index in [-0.39, 0.29) is 11.9 Å². The monoisotopic (exact) mass is 330 g/mol. The Morgan fingerprint density at radius 3 is 2.81 bits per heavy atom. The van der Waals surface area contributed by atoms with Crippen LogP contribution in [0.3, 0.4) is 0 Å². The van der Waals surface area contributed by atoms with Gasteiger partial charge in [-0.3, -0.25) is 4.79 Å². The first-order valence-corrected chi connectivity index (χ1v) is 8.19. The van der Waals surface area contributed by atoms with Crippen LogP contribution in [-0.4, -0.2) is 44.2 Å². The third kappa shape index (κ3) is 4.43. The number of methoxy groups -OCH3 is 2. The Morgan fingerprint density at radius 2 is 2.19 bits per heavy atom. The number of amides is 1. The minimum atomic E-state index is -0.0606. The van der Waals surface area contributed by atoms with E-state index in [0.717, 1.165) is 18.1 Å². The Labute approximate surface area is 133 Å². The molecule has 0 aliphatic carbocycles. The van der Waals surface area contributed by atoms with Gasteiger partial charge in [-0.05, 0) is 6.07 Å². The predicted molar refractivity (Wildman–Crippen MR) is 86.9 cm³/mol. The molecule has 1 aliphatic rings. The summed E-state index contributed by atoms with van der Waals surface area (Å²) >= 11 is 7.95. The van der Waals surface area contributed by atoms with Crippen LogP contribution in [0.25, 0.3) is 0 Å². The molecule has 0 radical (unpaired) electrons. The summed E-state index contributed by atoms with van der Waals surface area (Å²) in [5.41, 5.74) is 0.553. The fraction of sp³-hybridized carbons (Fsp3) is 0.500. The molecule has 5 nitrogen and oxygen atoms in total. The van der Waals surface area contributed by atoms with E-state index in [4.69, 9.17) is 21.1 Å². The van der Waals surface area contributed by atoms with Gasteiger partial charge in [-0.15, -0.1) is 0 Å². The summed E-state index contributed by atoms with van der Waals surface area (Å²) in [6.45, 7) is 0.945. The number of carbonyl (C=O) groups is 1. The Bertz CT molecular complexity index is 507. The highest BCUT2D eigenvalue weighted by Gasteiger charge is 2.18. The van der Waals surface area contributed by atoms with Gasteiger partial charge in [-0.1, -0.05) is 11.6 Å². The van der Waals surface area contributed by atoms with Crippen molar-refractivity contribution in [3.8, 4) is 11.5 Å². The van der Waals surface area contributed by atoms with Gasteiger partial charge in [0.15, 0.2) is 0 Å². The van der Waals surface area contributed by atoms with Crippen molar-refractivity contribution in [2.45, 2.75) is 12.5 Å². The highest BCUT2D eigenvalue weighted by molar-refractivity contribution is 7.99. The molecule has 1 aromatic carbocycles. The van der Waals surface area contributed by atoms with Crippen LogP contribution in [0, 0.1) is 0 Å². The molecule has 0 bridgehead atoms. The number of ether oxygens (including phenoxy) is 2. The molecule has 1 aliphatic heterocycles. The minimum Gasteiger partial charge on any atom is -0.495 e. The van der Waals surface area contributed by atoms with Crippen LogP contribution < -0.4 is 20.1 Å². The summed E-state index contributed by atoms with van der Waals surface area (Å²) in [6, 6.07) is 3.51. The van der Waals surface area contributed by atoms with Gasteiger partial charge in [0.05, 0.1) is 24.9 Å². The maximum Gasteiger partial charge on any atom is 0.226 e. The van der Waals surface area contributed by atoms with Crippen molar-refractivity contribution in [1.29, 1.82) is 0 Å². The Hall–Kier alpha value is -1.11. The largest absolute Gasteiger partial charge is 0.495 e. The summed E-state index contributed by atoms with van der Waals surface area (Å²) < 4.78 is 10.4. The van der Waals surface area contributed by atoms with Gasteiger partial charge in [0, 0.05) is 36.6 Å². The van der Waals surface area contributed by atoms with E-state index < -0.39 is 0 Å². The molecule has 1 aromatic rings. The van der Waals surface area contributed by atoms with Gasteiger partial charge < -0.3 is 20.1 Å². The maximum atomic E-state index is 12.1. The zero-order valence-corrected chi connectivity index (χ0v) is 13.6. The SMILES string of the molecule is COc1cc(OC)c(NC(=O)CC2CSCCN2)cc1Cl. The number of halogens is 1. The van der Waals surface area contributed by atoms with Crippen molar-refractivity contribution in [1.82, 2.24) is 5.32 Å². The van der Waals surface area contributed by atoms with Crippen molar-refractivity contribution in [3.05, 3.63) is 17.2 Å². The second kappa shape index (κ2) is 7.77. The lowest BCUT2D eigenvalue weighted by Crippen LogP contribution is -2.39. The molecule has 1 saturated heterocycles. The molecule has 0 aromatic heterocycles. The number of nitrogens with one attached hydrogen (secondary N) is 2. The first-order valence-electron chi connectivity index (χ1n) is 6.66. The second-order valence-electron chi connectivity index (χ2n) is 4.67. The topological polar surface area (TPSA) is 59.6 Å². The molecule has 1 atom stereocenters. The van der Waals surface area contributed by atoms with E-state index in [9.17, 15) is 4.79 Å². The lowest BCUT2D eigenvalue weighted by Gasteiger charge is -2.22. The highest BCUT2D eigenvalue weighted by atomic mass is 35.5. The number of rotatable bonds is 5. The van der Waals surface area contributed by atoms with Crippen molar-refractivity contribution in [2.24, 2.45) is 0 Å². The maximum absolute atomic E-state index is 12.1. The minimum absolute atomic E-state index is 0.0606. The standard InChI is InChI=1S/C14H19ClN2O3S/c1-19-12-7-13(20-2)11(6-10(12)15)17-14(18)5-9-8-21-4-3-16-9/h6-7,9,16H,3-5,8H2,1-2H3,(H,17,18). The lowest BCUT2D eigenvalue weighted by atomic mass is 10.2. The fourth-order valence-corrected chi connectivity index (χ4v) is 3.32. The predicted octanol–water partition coefficient (Wildman–Crippen LogP) is 2.39. The second-order valence-corrected chi connectivity index (χ2v) is 6.22. The molecule has 1 heterocycles. The number of hydrogen-bond donors (Lipinski definition) is 2. The molecular formula is C14H19ClN2O3S. The first-order chi connectivity index (χ1) is 10.1. The molecular weight excluding hydrogens is 312 g/mol. The Morgan fingerprint density at radius 1 is 1.43 bits per heavy atom. The molecule has 116 valence electrons. The molecule has 0 saturated carbocycles. The van der Waals surface area contributed by atoms with E-state index in [1.54, 1.807) is 12.1 Å². The summed E-state index contributed by atoms with van der Waals surface area (Å²) in [5, 5.41) is 6.61. The van der Waals surface area contributed by atoms with E-state index in [1.165, 1.54) is 14.2 Å². The Kier molecular flexibility index (Phi) is 6.02. The molecule has 21 heavy (non-hydrogen) atoms. The van der Waals surface area contributed by atoms with Gasteiger partial charge in [0.2, 0.25) is 5.91 Å². The average molecular weight is 331 g/mol. The van der Waals surface area contributed by atoms with Crippen molar-refractivity contribution >= 4 is 35.0 Å². The first kappa shape index (κ1) is 16.3. The highest BCUT2D eigenvalue weighted by Crippen LogP contribution is 2.35. The van der Waals surface area contributed by atoms with Gasteiger partial charge >= 0.3 is 0 Å². The van der Waals surface area contributed by atoms with Crippen LogP contribution in [0.15, 0.2) is 12.1 Å². The summed E-state index contributed by atoms with van der Waals surface area (Å²) in [4.78, 5) is 12.1. The van der Waals surface area contributed by atoms with Crippen molar-refractivity contribution in [2.75, 3.05) is 37.6 Å². The van der Waals surface area contributed by atoms with Crippen LogP contribution in [0.5, 0.6) is 11.5 Å². The normalized spacial score (nSPS) is 18.1. The molecule has 1 unspecified atom stereocenters. The van der Waals surface area contributed by atoms with E-state index in [1.807, 2.05) is 11.8 Å². The molecule has 2 N–H and O–H groups in total. The lowest BCUT2D eigenvalue weighted by molar-refractivity contribution is -0.116. The fourth-order valence-electron chi connectivity index (χ4n) is 2.13. The van der Waals surface area contributed by atoms with Crippen molar-refractivity contribution < 1.29 is 14.3 Å². The van der Waals surface area contributed by atoms with E-state index in [2.05, 4.69) is 10.6 Å². The molecule has 1 amide bonds. The average Bonchev–Trinajstić information content (AvgIpc) is 2.48. The Balaban J connectivity index is 2.03. The summed E-state index contributed by atoms with van der Waals surface area (Å²) in [7, 11) is 3.07. The molecule has 0 spiro atoms. The number of carbonyl (C=O) groups excluding carboxylic acids is 1. The van der Waals surface area contributed by atoms with Gasteiger partial charge in [-0.2, -0.15) is 11.8 Å². The van der Waals surface area contributed by atoms with Gasteiger partial charge in [-0.25, -0.2) is 0 Å². The smallest absolute Gasteiger partial charge is 0.226 e. The van der Waals surface area contributed by atoms with Crippen LogP contribution in [-0.2, 0) is 4.79 Å². The number of anilines is 1. The van der Waals surface area contributed by atoms with Crippen LogP contribution >= 0.6 is 23.4 Å². The third-order valence-electron chi connectivity index (χ3n) is 3.18. The molecule has 7 heteroatoms. The summed E-state index contributed by atoms with van der Waals surface area (Å²) in [5.74, 6) is 3.02. The van der Waals surface area contributed by atoms with Crippen molar-refractivity contribution in [3.63, 3.8) is 0 Å². The molecule has 2 rings (SSSR count). The van der Waals surface area contributed by atoms with Gasteiger partial charge in [0.25, 0.3) is 0 Å². The number of thioether (sulfide) groups is 1. The van der Waals surface area contributed by atoms with E-state index in [0.29, 0.717) is 28.6 Å². The van der Waals surface area contributed by atoms with Crippen LogP contribution in [0.1, 0.15) is 6.42 Å². The third-order valence-corrected chi connectivity index (χ3v) is 4.60. The van der Waals surface area contributed by atoms with Crippen LogP contribution in [0.4, 0.5) is 5.69 Å². The molecule has 1 fully saturated rings. The summed E-state index contributed by atoms with van der Waals surface area (Å²) in [6.07, 6.45) is 0.430.